The van der Waals surface area contributed by atoms with Crippen LogP contribution in [-0.2, 0) is 0 Å². The molecular formula is C23H28FN6+. The Bertz CT molecular complexity index is 943. The SMILES string of the molecule is Fc1ccc(N2CC[NH+]([C@H](c3ccccc3)c3nnnn3C3CCCC3)CC2)cc1. The summed E-state index contributed by atoms with van der Waals surface area (Å²) < 4.78 is 15.4. The van der Waals surface area contributed by atoms with E-state index >= 15 is 0 Å². The van der Waals surface area contributed by atoms with E-state index in [1.165, 1.54) is 35.4 Å². The van der Waals surface area contributed by atoms with Gasteiger partial charge in [0, 0.05) is 11.3 Å². The van der Waals surface area contributed by atoms with Crippen molar-refractivity contribution in [1.29, 1.82) is 0 Å². The van der Waals surface area contributed by atoms with Gasteiger partial charge in [0.25, 0.3) is 0 Å². The van der Waals surface area contributed by atoms with E-state index in [4.69, 9.17) is 0 Å². The molecule has 1 aliphatic heterocycles. The largest absolute Gasteiger partial charge is 0.360 e. The normalized spacial score (nSPS) is 19.3. The number of quaternary nitrogens is 1. The highest BCUT2D eigenvalue weighted by atomic mass is 19.1. The maximum absolute atomic E-state index is 13.3. The van der Waals surface area contributed by atoms with Gasteiger partial charge in [-0.05, 0) is 47.5 Å². The van der Waals surface area contributed by atoms with Gasteiger partial charge in [-0.1, -0.05) is 43.2 Å². The van der Waals surface area contributed by atoms with E-state index in [-0.39, 0.29) is 11.9 Å². The van der Waals surface area contributed by atoms with Gasteiger partial charge in [-0.25, -0.2) is 9.07 Å². The molecule has 5 rings (SSSR count). The van der Waals surface area contributed by atoms with E-state index in [0.717, 1.165) is 50.5 Å². The lowest BCUT2D eigenvalue weighted by molar-refractivity contribution is -0.927. The molecule has 1 atom stereocenters. The molecule has 1 saturated heterocycles. The van der Waals surface area contributed by atoms with Gasteiger partial charge >= 0.3 is 0 Å². The van der Waals surface area contributed by atoms with Crippen LogP contribution < -0.4 is 9.80 Å². The lowest BCUT2D eigenvalue weighted by atomic mass is 10.0. The van der Waals surface area contributed by atoms with Gasteiger partial charge in [-0.3, -0.25) is 0 Å². The van der Waals surface area contributed by atoms with Crippen molar-refractivity contribution in [2.45, 2.75) is 37.8 Å². The molecule has 2 fully saturated rings. The Morgan fingerprint density at radius 2 is 1.63 bits per heavy atom. The summed E-state index contributed by atoms with van der Waals surface area (Å²) in [6.45, 7) is 3.81. The summed E-state index contributed by atoms with van der Waals surface area (Å²) in [6.07, 6.45) is 4.83. The lowest BCUT2D eigenvalue weighted by Gasteiger charge is -2.37. The van der Waals surface area contributed by atoms with Gasteiger partial charge in [0.05, 0.1) is 32.2 Å². The van der Waals surface area contributed by atoms with Gasteiger partial charge < -0.3 is 9.80 Å². The standard InChI is InChI=1S/C23H27FN6/c24-19-10-12-20(13-11-19)28-14-16-29(17-15-28)22(18-6-2-1-3-7-18)23-25-26-27-30(23)21-8-4-5-9-21/h1-3,6-7,10-13,21-22H,4-5,8-9,14-17H2/p+1/t22-/m1/s1. The minimum atomic E-state index is -0.189. The van der Waals surface area contributed by atoms with Crippen LogP contribution >= 0.6 is 0 Å². The van der Waals surface area contributed by atoms with Crippen LogP contribution in [0.3, 0.4) is 0 Å². The molecule has 2 aliphatic rings. The van der Waals surface area contributed by atoms with Crippen molar-refractivity contribution in [3.05, 3.63) is 71.8 Å². The molecule has 1 N–H and O–H groups in total. The van der Waals surface area contributed by atoms with Gasteiger partial charge in [0.15, 0.2) is 6.04 Å². The second-order valence-electron chi connectivity index (χ2n) is 8.39. The minimum Gasteiger partial charge on any atom is -0.360 e. The van der Waals surface area contributed by atoms with E-state index in [0.29, 0.717) is 6.04 Å². The summed E-state index contributed by atoms with van der Waals surface area (Å²) in [6, 6.07) is 18.0. The fourth-order valence-electron chi connectivity index (χ4n) is 5.01. The third-order valence-corrected chi connectivity index (χ3v) is 6.59. The number of benzene rings is 2. The molecule has 2 aromatic carbocycles. The van der Waals surface area contributed by atoms with Crippen LogP contribution in [0.4, 0.5) is 10.1 Å². The number of hydrogen-bond donors (Lipinski definition) is 1. The molecule has 6 nitrogen and oxygen atoms in total. The Labute approximate surface area is 176 Å². The zero-order valence-electron chi connectivity index (χ0n) is 17.1. The predicted octanol–water partition coefficient (Wildman–Crippen LogP) is 2.42. The number of tetrazole rings is 1. The fraction of sp³-hybridized carbons (Fsp3) is 0.435. The topological polar surface area (TPSA) is 51.3 Å². The van der Waals surface area contributed by atoms with E-state index in [1.54, 1.807) is 0 Å². The van der Waals surface area contributed by atoms with Gasteiger partial charge in [-0.2, -0.15) is 0 Å². The first kappa shape index (κ1) is 19.2. The zero-order valence-corrected chi connectivity index (χ0v) is 17.1. The highest BCUT2D eigenvalue weighted by Gasteiger charge is 2.36. The second kappa shape index (κ2) is 8.52. The van der Waals surface area contributed by atoms with Crippen molar-refractivity contribution in [1.82, 2.24) is 20.2 Å². The molecule has 2 heterocycles. The number of halogens is 1. The number of nitrogens with zero attached hydrogens (tertiary/aromatic N) is 5. The first-order valence-electron chi connectivity index (χ1n) is 11.0. The molecule has 1 aliphatic carbocycles. The van der Waals surface area contributed by atoms with Crippen LogP contribution in [0.5, 0.6) is 0 Å². The first-order valence-corrected chi connectivity index (χ1v) is 11.0. The molecule has 1 aromatic heterocycles. The number of piperazine rings is 1. The first-order chi connectivity index (χ1) is 14.8. The Balaban J connectivity index is 1.40. The van der Waals surface area contributed by atoms with E-state index in [1.807, 2.05) is 12.1 Å². The number of anilines is 1. The Morgan fingerprint density at radius 3 is 2.33 bits per heavy atom. The third kappa shape index (κ3) is 3.81. The number of nitrogens with one attached hydrogen (secondary N) is 1. The van der Waals surface area contributed by atoms with Crippen molar-refractivity contribution < 1.29 is 9.29 Å². The average Bonchev–Trinajstić information content (AvgIpc) is 3.48. The highest BCUT2D eigenvalue weighted by molar-refractivity contribution is 5.46. The molecule has 0 spiro atoms. The predicted molar refractivity (Wildman–Crippen MR) is 113 cm³/mol. The minimum absolute atomic E-state index is 0.122. The molecule has 7 heteroatoms. The summed E-state index contributed by atoms with van der Waals surface area (Å²) in [5.41, 5.74) is 2.35. The summed E-state index contributed by atoms with van der Waals surface area (Å²) in [5.74, 6) is 0.796. The van der Waals surface area contributed by atoms with Gasteiger partial charge in [0.2, 0.25) is 5.82 Å². The van der Waals surface area contributed by atoms with E-state index < -0.39 is 0 Å². The Morgan fingerprint density at radius 1 is 0.933 bits per heavy atom. The van der Waals surface area contributed by atoms with Crippen molar-refractivity contribution >= 4 is 5.69 Å². The zero-order chi connectivity index (χ0) is 20.3. The summed E-state index contributed by atoms with van der Waals surface area (Å²) in [5, 5.41) is 13.0. The van der Waals surface area contributed by atoms with Crippen LogP contribution in [-0.4, -0.2) is 46.4 Å². The maximum atomic E-state index is 13.3. The number of rotatable bonds is 5. The smallest absolute Gasteiger partial charge is 0.214 e. The average molecular weight is 408 g/mol. The molecular weight excluding hydrogens is 379 g/mol. The quantitative estimate of drug-likeness (QED) is 0.706. The molecule has 30 heavy (non-hydrogen) atoms. The highest BCUT2D eigenvalue weighted by Crippen LogP contribution is 2.31. The second-order valence-corrected chi connectivity index (χ2v) is 8.39. The van der Waals surface area contributed by atoms with E-state index in [2.05, 4.69) is 55.4 Å². The van der Waals surface area contributed by atoms with Gasteiger partial charge in [-0.15, -0.1) is 5.10 Å². The van der Waals surface area contributed by atoms with Crippen LogP contribution in [0.2, 0.25) is 0 Å². The van der Waals surface area contributed by atoms with Gasteiger partial charge in [0.1, 0.15) is 5.82 Å². The summed E-state index contributed by atoms with van der Waals surface area (Å²) in [4.78, 5) is 3.82. The maximum Gasteiger partial charge on any atom is 0.214 e. The van der Waals surface area contributed by atoms with Crippen molar-refractivity contribution in [3.8, 4) is 0 Å². The van der Waals surface area contributed by atoms with E-state index in [9.17, 15) is 4.39 Å². The summed E-state index contributed by atoms with van der Waals surface area (Å²) in [7, 11) is 0. The van der Waals surface area contributed by atoms with Crippen molar-refractivity contribution in [2.75, 3.05) is 31.1 Å². The number of aromatic nitrogens is 4. The fourth-order valence-corrected chi connectivity index (χ4v) is 5.01. The van der Waals surface area contributed by atoms with Crippen molar-refractivity contribution in [3.63, 3.8) is 0 Å². The monoisotopic (exact) mass is 407 g/mol. The van der Waals surface area contributed by atoms with Crippen molar-refractivity contribution in [2.24, 2.45) is 0 Å². The molecule has 0 bridgehead atoms. The molecule has 1 saturated carbocycles. The summed E-state index contributed by atoms with van der Waals surface area (Å²) >= 11 is 0. The Kier molecular flexibility index (Phi) is 5.45. The molecule has 0 amide bonds. The molecule has 3 aromatic rings. The van der Waals surface area contributed by atoms with Crippen LogP contribution in [0.15, 0.2) is 54.6 Å². The number of hydrogen-bond acceptors (Lipinski definition) is 4. The van der Waals surface area contributed by atoms with Crippen LogP contribution in [0.1, 0.15) is 49.2 Å². The Hall–Kier alpha value is -2.80. The molecule has 156 valence electrons. The molecule has 0 unspecified atom stereocenters. The third-order valence-electron chi connectivity index (χ3n) is 6.59. The van der Waals surface area contributed by atoms with Crippen LogP contribution in [0.25, 0.3) is 0 Å². The lowest BCUT2D eigenvalue weighted by Crippen LogP contribution is -3.15. The molecule has 0 radical (unpaired) electrons. The van der Waals surface area contributed by atoms with Crippen LogP contribution in [0, 0.1) is 5.82 Å².